The number of nitrogens with one attached hydrogen (secondary N) is 2. The smallest absolute Gasteiger partial charge is 0.254 e. The fraction of sp³-hybridized carbons (Fsp3) is 0.308. The topological polar surface area (TPSA) is 58.2 Å². The molecule has 0 spiro atoms. The molecule has 1 amide bonds. The summed E-state index contributed by atoms with van der Waals surface area (Å²) in [5, 5.41) is 6.31. The van der Waals surface area contributed by atoms with Gasteiger partial charge in [-0.15, -0.1) is 0 Å². The number of benzene rings is 2. The van der Waals surface area contributed by atoms with Crippen LogP contribution in [0, 0.1) is 18.2 Å². The van der Waals surface area contributed by atoms with Crippen molar-refractivity contribution in [3.63, 3.8) is 0 Å². The average Bonchev–Trinajstić information content (AvgIpc) is 2.68. The van der Waals surface area contributed by atoms with Gasteiger partial charge in [-0.3, -0.25) is 9.59 Å². The maximum absolute atomic E-state index is 13.6. The van der Waals surface area contributed by atoms with E-state index in [2.05, 4.69) is 24.5 Å². The molecule has 2 aliphatic rings. The van der Waals surface area contributed by atoms with Crippen molar-refractivity contribution < 1.29 is 14.0 Å². The molecular formula is C26H27FN2O2. The summed E-state index contributed by atoms with van der Waals surface area (Å²) in [6.45, 7) is 7.98. The first-order valence-corrected chi connectivity index (χ1v) is 10.5. The fourth-order valence-corrected chi connectivity index (χ4v) is 4.56. The molecule has 4 nitrogen and oxygen atoms in total. The molecule has 31 heavy (non-hydrogen) atoms. The highest BCUT2D eigenvalue weighted by Crippen LogP contribution is 2.46. The molecule has 0 saturated heterocycles. The number of rotatable bonds is 3. The summed E-state index contributed by atoms with van der Waals surface area (Å²) >= 11 is 0. The summed E-state index contributed by atoms with van der Waals surface area (Å²) in [7, 11) is 0. The second-order valence-corrected chi connectivity index (χ2v) is 9.30. The molecule has 2 aromatic carbocycles. The monoisotopic (exact) mass is 418 g/mol. The molecule has 4 rings (SSSR count). The van der Waals surface area contributed by atoms with E-state index in [0.29, 0.717) is 29.0 Å². The van der Waals surface area contributed by atoms with Crippen molar-refractivity contribution in [2.45, 2.75) is 46.5 Å². The third-order valence-electron chi connectivity index (χ3n) is 6.00. The second-order valence-electron chi connectivity index (χ2n) is 9.30. The van der Waals surface area contributed by atoms with Gasteiger partial charge in [-0.2, -0.15) is 0 Å². The van der Waals surface area contributed by atoms with Crippen molar-refractivity contribution >= 4 is 17.4 Å². The van der Waals surface area contributed by atoms with Gasteiger partial charge in [0.25, 0.3) is 5.91 Å². The maximum Gasteiger partial charge on any atom is 0.254 e. The van der Waals surface area contributed by atoms with E-state index >= 15 is 0 Å². The zero-order valence-corrected chi connectivity index (χ0v) is 18.3. The number of dihydropyridines is 1. The predicted molar refractivity (Wildman–Crippen MR) is 120 cm³/mol. The Balaban J connectivity index is 1.79. The second kappa shape index (κ2) is 7.80. The molecule has 2 aromatic rings. The van der Waals surface area contributed by atoms with Crippen molar-refractivity contribution in [1.29, 1.82) is 0 Å². The van der Waals surface area contributed by atoms with E-state index in [1.807, 2.05) is 38.1 Å². The zero-order valence-electron chi connectivity index (χ0n) is 18.3. The van der Waals surface area contributed by atoms with Gasteiger partial charge in [0.2, 0.25) is 0 Å². The first-order valence-electron chi connectivity index (χ1n) is 10.5. The number of allylic oxidation sites excluding steroid dienone is 3. The van der Waals surface area contributed by atoms with E-state index in [1.54, 1.807) is 12.1 Å². The van der Waals surface area contributed by atoms with Gasteiger partial charge in [-0.25, -0.2) is 4.39 Å². The average molecular weight is 419 g/mol. The molecule has 1 aliphatic heterocycles. The van der Waals surface area contributed by atoms with E-state index in [0.717, 1.165) is 23.2 Å². The van der Waals surface area contributed by atoms with Crippen LogP contribution in [0.15, 0.2) is 71.1 Å². The SMILES string of the molecule is CC1=C(C(=O)Nc2ccc(C)cc2)C(c2ccc(F)cc2)C2=C(CC(C)(C)CC2=O)N1. The normalized spacial score (nSPS) is 20.3. The number of amides is 1. The van der Waals surface area contributed by atoms with Crippen molar-refractivity contribution in [3.05, 3.63) is 88.0 Å². The molecular weight excluding hydrogens is 391 g/mol. The summed E-state index contributed by atoms with van der Waals surface area (Å²) in [6, 6.07) is 13.6. The molecule has 0 bridgehead atoms. The van der Waals surface area contributed by atoms with E-state index in [9.17, 15) is 14.0 Å². The number of Topliss-reactive ketones (excluding diaryl/α,β-unsaturated/α-hetero) is 1. The lowest BCUT2D eigenvalue weighted by Crippen LogP contribution is -2.39. The van der Waals surface area contributed by atoms with Crippen LogP contribution in [-0.4, -0.2) is 11.7 Å². The van der Waals surface area contributed by atoms with Gasteiger partial charge in [0, 0.05) is 40.6 Å². The summed E-state index contributed by atoms with van der Waals surface area (Å²) in [5.41, 5.74) is 5.04. The van der Waals surface area contributed by atoms with Gasteiger partial charge in [-0.05, 0) is 55.5 Å². The van der Waals surface area contributed by atoms with Crippen LogP contribution in [0.5, 0.6) is 0 Å². The van der Waals surface area contributed by atoms with E-state index < -0.39 is 5.92 Å². The van der Waals surface area contributed by atoms with Gasteiger partial charge in [-0.1, -0.05) is 43.7 Å². The van der Waals surface area contributed by atoms with Crippen molar-refractivity contribution in [3.8, 4) is 0 Å². The first kappa shape index (κ1) is 21.0. The Morgan fingerprint density at radius 1 is 1.03 bits per heavy atom. The van der Waals surface area contributed by atoms with Gasteiger partial charge >= 0.3 is 0 Å². The molecule has 1 heterocycles. The molecule has 0 aromatic heterocycles. The summed E-state index contributed by atoms with van der Waals surface area (Å²) in [4.78, 5) is 26.6. The number of hydrogen-bond donors (Lipinski definition) is 2. The van der Waals surface area contributed by atoms with Crippen LogP contribution in [-0.2, 0) is 9.59 Å². The lowest BCUT2D eigenvalue weighted by atomic mass is 9.68. The molecule has 1 atom stereocenters. The molecule has 0 fully saturated rings. The molecule has 2 N–H and O–H groups in total. The Labute approximate surface area is 182 Å². The number of carbonyl (C=O) groups excluding carboxylic acids is 2. The Morgan fingerprint density at radius 3 is 2.32 bits per heavy atom. The van der Waals surface area contributed by atoms with Crippen LogP contribution in [0.25, 0.3) is 0 Å². The van der Waals surface area contributed by atoms with Crippen LogP contribution in [0.1, 0.15) is 50.7 Å². The van der Waals surface area contributed by atoms with Gasteiger partial charge in [0.15, 0.2) is 5.78 Å². The number of hydrogen-bond acceptors (Lipinski definition) is 3. The Hall–Kier alpha value is -3.21. The Morgan fingerprint density at radius 2 is 1.68 bits per heavy atom. The minimum absolute atomic E-state index is 0.0289. The van der Waals surface area contributed by atoms with Crippen LogP contribution in [0.2, 0.25) is 0 Å². The third kappa shape index (κ3) is 4.18. The number of halogens is 1. The minimum Gasteiger partial charge on any atom is -0.362 e. The highest BCUT2D eigenvalue weighted by molar-refractivity contribution is 6.09. The molecule has 0 radical (unpaired) electrons. The van der Waals surface area contributed by atoms with Crippen LogP contribution in [0.3, 0.4) is 0 Å². The summed E-state index contributed by atoms with van der Waals surface area (Å²) < 4.78 is 13.6. The standard InChI is InChI=1S/C26H27FN2O2/c1-15-5-11-19(12-6-15)29-25(31)22-16(2)28-20-13-26(3,4)14-21(30)24(20)23(22)17-7-9-18(27)10-8-17/h5-12,23,28H,13-14H2,1-4H3,(H,29,31). The molecule has 160 valence electrons. The number of anilines is 1. The quantitative estimate of drug-likeness (QED) is 0.704. The van der Waals surface area contributed by atoms with E-state index in [1.165, 1.54) is 12.1 Å². The lowest BCUT2D eigenvalue weighted by Gasteiger charge is -2.39. The number of ketones is 1. The highest BCUT2D eigenvalue weighted by Gasteiger charge is 2.42. The molecule has 5 heteroatoms. The first-order chi connectivity index (χ1) is 14.6. The van der Waals surface area contributed by atoms with Gasteiger partial charge in [0.1, 0.15) is 5.82 Å². The molecule has 1 unspecified atom stereocenters. The largest absolute Gasteiger partial charge is 0.362 e. The zero-order chi connectivity index (χ0) is 22.3. The summed E-state index contributed by atoms with van der Waals surface area (Å²) in [5.74, 6) is -1.13. The Bertz CT molecular complexity index is 1110. The number of carbonyl (C=O) groups is 2. The van der Waals surface area contributed by atoms with Crippen molar-refractivity contribution in [2.24, 2.45) is 5.41 Å². The molecule has 1 aliphatic carbocycles. The third-order valence-corrected chi connectivity index (χ3v) is 6.00. The van der Waals surface area contributed by atoms with Crippen LogP contribution in [0.4, 0.5) is 10.1 Å². The van der Waals surface area contributed by atoms with Crippen molar-refractivity contribution in [2.75, 3.05) is 5.32 Å². The minimum atomic E-state index is -0.536. The van der Waals surface area contributed by atoms with Crippen LogP contribution < -0.4 is 10.6 Å². The predicted octanol–water partition coefficient (Wildman–Crippen LogP) is 5.38. The van der Waals surface area contributed by atoms with E-state index in [4.69, 9.17) is 0 Å². The van der Waals surface area contributed by atoms with Crippen molar-refractivity contribution in [1.82, 2.24) is 5.32 Å². The van der Waals surface area contributed by atoms with Crippen LogP contribution >= 0.6 is 0 Å². The molecule has 0 saturated carbocycles. The van der Waals surface area contributed by atoms with E-state index in [-0.39, 0.29) is 22.9 Å². The highest BCUT2D eigenvalue weighted by atomic mass is 19.1. The lowest BCUT2D eigenvalue weighted by molar-refractivity contribution is -0.118. The Kier molecular flexibility index (Phi) is 5.29. The number of aryl methyl sites for hydroxylation is 1. The maximum atomic E-state index is 13.6. The van der Waals surface area contributed by atoms with Gasteiger partial charge in [0.05, 0.1) is 0 Å². The van der Waals surface area contributed by atoms with Gasteiger partial charge < -0.3 is 10.6 Å². The fourth-order valence-electron chi connectivity index (χ4n) is 4.56. The summed E-state index contributed by atoms with van der Waals surface area (Å²) in [6.07, 6.45) is 1.13.